The second-order valence-corrected chi connectivity index (χ2v) is 8.47. The van der Waals surface area contributed by atoms with Gasteiger partial charge in [0.05, 0.1) is 11.2 Å². The quantitative estimate of drug-likeness (QED) is 0.320. The highest BCUT2D eigenvalue weighted by Crippen LogP contribution is 2.34. The van der Waals surface area contributed by atoms with Crippen LogP contribution in [0.4, 0.5) is 0 Å². The minimum atomic E-state index is 0.677. The van der Waals surface area contributed by atoms with Crippen molar-refractivity contribution in [3.8, 4) is 33.2 Å². The summed E-state index contributed by atoms with van der Waals surface area (Å²) in [6, 6.07) is 27.9. The summed E-state index contributed by atoms with van der Waals surface area (Å²) < 4.78 is 1.80. The van der Waals surface area contributed by atoms with E-state index >= 15 is 0 Å². The van der Waals surface area contributed by atoms with Gasteiger partial charge >= 0.3 is 0 Å². The average Bonchev–Trinajstić information content (AvgIpc) is 3.40. The molecular weight excluding hydrogens is 426 g/mol. The smallest absolute Gasteiger partial charge is 0.235 e. The number of hydrogen-bond donors (Lipinski definition) is 0. The highest BCUT2D eigenvalue weighted by atomic mass is 35.5. The van der Waals surface area contributed by atoms with Crippen LogP contribution in [-0.2, 0) is 0 Å². The third-order valence-corrected chi connectivity index (χ3v) is 6.27. The van der Waals surface area contributed by atoms with Gasteiger partial charge in [0.1, 0.15) is 5.01 Å². The van der Waals surface area contributed by atoms with E-state index in [1.54, 1.807) is 4.52 Å². The number of pyridine rings is 1. The Morgan fingerprint density at radius 1 is 0.774 bits per heavy atom. The molecule has 6 rings (SSSR count). The van der Waals surface area contributed by atoms with E-state index in [1.165, 1.54) is 11.3 Å². The molecule has 3 aromatic carbocycles. The van der Waals surface area contributed by atoms with E-state index in [4.69, 9.17) is 21.7 Å². The van der Waals surface area contributed by atoms with Gasteiger partial charge in [-0.3, -0.25) is 0 Å². The molecule has 5 nitrogen and oxygen atoms in total. The minimum absolute atomic E-state index is 0.677. The number of halogens is 1. The van der Waals surface area contributed by atoms with E-state index in [2.05, 4.69) is 34.5 Å². The second kappa shape index (κ2) is 7.27. The molecule has 148 valence electrons. The first kappa shape index (κ1) is 18.2. The summed E-state index contributed by atoms with van der Waals surface area (Å²) in [4.78, 5) is 5.60. The van der Waals surface area contributed by atoms with Crippen molar-refractivity contribution in [2.45, 2.75) is 0 Å². The zero-order valence-electron chi connectivity index (χ0n) is 16.1. The monoisotopic (exact) mass is 439 g/mol. The molecule has 0 bridgehead atoms. The summed E-state index contributed by atoms with van der Waals surface area (Å²) in [6.45, 7) is 0. The largest absolute Gasteiger partial charge is 0.248 e. The second-order valence-electron chi connectivity index (χ2n) is 7.07. The molecule has 0 N–H and O–H groups in total. The first-order valence-electron chi connectivity index (χ1n) is 9.70. The summed E-state index contributed by atoms with van der Waals surface area (Å²) in [5.41, 5.74) is 4.74. The molecule has 0 radical (unpaired) electrons. The van der Waals surface area contributed by atoms with Gasteiger partial charge in [0.15, 0.2) is 5.82 Å². The molecule has 0 aliphatic rings. The third kappa shape index (κ3) is 3.17. The molecule has 31 heavy (non-hydrogen) atoms. The number of hydrogen-bond acceptors (Lipinski definition) is 5. The molecule has 0 saturated heterocycles. The van der Waals surface area contributed by atoms with Crippen LogP contribution < -0.4 is 0 Å². The third-order valence-electron chi connectivity index (χ3n) is 5.09. The van der Waals surface area contributed by atoms with Gasteiger partial charge < -0.3 is 0 Å². The zero-order valence-corrected chi connectivity index (χ0v) is 17.7. The summed E-state index contributed by atoms with van der Waals surface area (Å²) in [6.07, 6.45) is 0. The van der Waals surface area contributed by atoms with Crippen LogP contribution >= 0.6 is 22.9 Å². The number of fused-ring (bicyclic) bond motifs is 2. The fraction of sp³-hybridized carbons (Fsp3) is 0. The van der Waals surface area contributed by atoms with Crippen molar-refractivity contribution >= 4 is 38.8 Å². The lowest BCUT2D eigenvalue weighted by Gasteiger charge is -2.08. The highest BCUT2D eigenvalue weighted by Gasteiger charge is 2.18. The summed E-state index contributed by atoms with van der Waals surface area (Å²) in [7, 11) is 0. The maximum Gasteiger partial charge on any atom is 0.235 e. The van der Waals surface area contributed by atoms with Crippen molar-refractivity contribution in [1.82, 2.24) is 24.8 Å². The van der Waals surface area contributed by atoms with E-state index in [9.17, 15) is 0 Å². The standard InChI is InChI=1S/C24H14ClN5S/c25-17-10-6-9-16(13-17)23-29-30-22(27-28-24(30)31-23)19-14-21(15-7-2-1-3-8-15)26-20-12-5-4-11-18(19)20/h1-14H. The first-order chi connectivity index (χ1) is 15.3. The Bertz CT molecular complexity index is 1550. The molecule has 0 aliphatic carbocycles. The molecule has 0 unspecified atom stereocenters. The van der Waals surface area contributed by atoms with Gasteiger partial charge in [-0.2, -0.15) is 9.61 Å². The molecule has 3 heterocycles. The Hall–Kier alpha value is -3.61. The van der Waals surface area contributed by atoms with Crippen LogP contribution in [0.25, 0.3) is 49.1 Å². The van der Waals surface area contributed by atoms with Crippen LogP contribution in [0.5, 0.6) is 0 Å². The van der Waals surface area contributed by atoms with Gasteiger partial charge in [-0.1, -0.05) is 83.6 Å². The summed E-state index contributed by atoms with van der Waals surface area (Å²) >= 11 is 7.66. The van der Waals surface area contributed by atoms with Gasteiger partial charge in [0.2, 0.25) is 4.96 Å². The SMILES string of the molecule is Clc1cccc(-c2nn3c(-c4cc(-c5ccccc5)nc5ccccc45)nnc3s2)c1. The van der Waals surface area contributed by atoms with Gasteiger partial charge in [0, 0.05) is 27.1 Å². The summed E-state index contributed by atoms with van der Waals surface area (Å²) in [5, 5.41) is 16.2. The Balaban J connectivity index is 1.58. The van der Waals surface area contributed by atoms with Gasteiger partial charge in [-0.25, -0.2) is 4.98 Å². The van der Waals surface area contributed by atoms with E-state index in [-0.39, 0.29) is 0 Å². The lowest BCUT2D eigenvalue weighted by Crippen LogP contribution is -1.95. The predicted octanol–water partition coefficient (Wildman–Crippen LogP) is 6.39. The van der Waals surface area contributed by atoms with Crippen LogP contribution in [0.1, 0.15) is 0 Å². The maximum absolute atomic E-state index is 6.17. The van der Waals surface area contributed by atoms with E-state index in [0.29, 0.717) is 10.8 Å². The molecule has 0 spiro atoms. The lowest BCUT2D eigenvalue weighted by molar-refractivity contribution is 0.972. The molecular formula is C24H14ClN5S. The van der Waals surface area contributed by atoms with Crippen LogP contribution in [0.2, 0.25) is 5.02 Å². The number of nitrogens with zero attached hydrogens (tertiary/aromatic N) is 5. The molecule has 0 atom stereocenters. The number of benzene rings is 3. The zero-order chi connectivity index (χ0) is 20.8. The average molecular weight is 440 g/mol. The molecule has 3 aromatic heterocycles. The van der Waals surface area contributed by atoms with Crippen molar-refractivity contribution in [2.75, 3.05) is 0 Å². The molecule has 0 amide bonds. The Labute approximate surface area is 186 Å². The highest BCUT2D eigenvalue weighted by molar-refractivity contribution is 7.19. The Morgan fingerprint density at radius 2 is 1.58 bits per heavy atom. The van der Waals surface area contributed by atoms with E-state index < -0.39 is 0 Å². The maximum atomic E-state index is 6.17. The molecule has 0 fully saturated rings. The van der Waals surface area contributed by atoms with E-state index in [0.717, 1.165) is 43.3 Å². The van der Waals surface area contributed by atoms with Crippen molar-refractivity contribution in [3.05, 3.63) is 90.0 Å². The molecule has 0 aliphatic heterocycles. The normalized spacial score (nSPS) is 11.4. The minimum Gasteiger partial charge on any atom is -0.248 e. The van der Waals surface area contributed by atoms with Gasteiger partial charge in [-0.05, 0) is 24.3 Å². The Kier molecular flexibility index (Phi) is 4.26. The van der Waals surface area contributed by atoms with Gasteiger partial charge in [-0.15, -0.1) is 10.2 Å². The van der Waals surface area contributed by atoms with Gasteiger partial charge in [0.25, 0.3) is 0 Å². The first-order valence-corrected chi connectivity index (χ1v) is 10.9. The molecule has 7 heteroatoms. The van der Waals surface area contributed by atoms with Crippen molar-refractivity contribution in [3.63, 3.8) is 0 Å². The number of para-hydroxylation sites is 1. The summed E-state index contributed by atoms with van der Waals surface area (Å²) in [5.74, 6) is 0.690. The van der Waals surface area contributed by atoms with Crippen LogP contribution in [0.3, 0.4) is 0 Å². The predicted molar refractivity (Wildman–Crippen MR) is 125 cm³/mol. The van der Waals surface area contributed by atoms with Crippen molar-refractivity contribution in [1.29, 1.82) is 0 Å². The fourth-order valence-electron chi connectivity index (χ4n) is 3.64. The van der Waals surface area contributed by atoms with Crippen molar-refractivity contribution in [2.24, 2.45) is 0 Å². The number of rotatable bonds is 3. The molecule has 0 saturated carbocycles. The number of aromatic nitrogens is 5. The van der Waals surface area contributed by atoms with E-state index in [1.807, 2.05) is 60.7 Å². The van der Waals surface area contributed by atoms with Crippen LogP contribution in [0.15, 0.2) is 84.9 Å². The Morgan fingerprint density at radius 3 is 2.45 bits per heavy atom. The lowest BCUT2D eigenvalue weighted by atomic mass is 10.0. The fourth-order valence-corrected chi connectivity index (χ4v) is 4.67. The molecule has 6 aromatic rings. The van der Waals surface area contributed by atoms with Crippen molar-refractivity contribution < 1.29 is 0 Å². The topological polar surface area (TPSA) is 56.0 Å². The van der Waals surface area contributed by atoms with Crippen LogP contribution in [0, 0.1) is 0 Å². The van der Waals surface area contributed by atoms with Crippen LogP contribution in [-0.4, -0.2) is 24.8 Å².